The highest BCUT2D eigenvalue weighted by molar-refractivity contribution is 5.69. The van der Waals surface area contributed by atoms with Crippen LogP contribution in [0.15, 0.2) is 0 Å². The first-order valence-electron chi connectivity index (χ1n) is 6.40. The molecule has 0 aromatic heterocycles. The summed E-state index contributed by atoms with van der Waals surface area (Å²) >= 11 is 0. The molecule has 0 amide bonds. The lowest BCUT2D eigenvalue weighted by atomic mass is 10.3. The average Bonchev–Trinajstić information content (AvgIpc) is 2.71. The summed E-state index contributed by atoms with van der Waals surface area (Å²) in [5.41, 5.74) is 2.17. The fraction of sp³-hybridized carbons (Fsp3) is 0.909. The second kappa shape index (κ2) is 8.41. The van der Waals surface area contributed by atoms with Gasteiger partial charge in [0.05, 0.1) is 6.42 Å². The molecule has 3 atom stereocenters. The van der Waals surface area contributed by atoms with Gasteiger partial charge in [0.1, 0.15) is 18.7 Å². The van der Waals surface area contributed by atoms with E-state index in [2.05, 4.69) is 10.3 Å². The molecular formula is C11H22N2O6. The minimum atomic E-state index is -1.01. The Hall–Kier alpha value is -0.770. The summed E-state index contributed by atoms with van der Waals surface area (Å²) in [6.07, 6.45) is -0.849. The van der Waals surface area contributed by atoms with E-state index in [1.54, 1.807) is 0 Å². The van der Waals surface area contributed by atoms with E-state index in [9.17, 15) is 20.1 Å². The van der Waals surface area contributed by atoms with Crippen molar-refractivity contribution in [2.24, 2.45) is 0 Å². The Balaban J connectivity index is 2.14. The number of nitrogens with one attached hydrogen (secondary N) is 1. The van der Waals surface area contributed by atoms with Gasteiger partial charge in [-0.3, -0.25) is 9.69 Å². The van der Waals surface area contributed by atoms with E-state index in [0.717, 1.165) is 0 Å². The van der Waals surface area contributed by atoms with Crippen LogP contribution in [0.3, 0.4) is 0 Å². The molecule has 1 fully saturated rings. The van der Waals surface area contributed by atoms with Crippen molar-refractivity contribution < 1.29 is 30.1 Å². The molecule has 112 valence electrons. The molecule has 5 N–H and O–H groups in total. The summed E-state index contributed by atoms with van der Waals surface area (Å²) in [6.45, 7) is 0.146. The van der Waals surface area contributed by atoms with Crippen LogP contribution < -0.4 is 5.48 Å². The van der Waals surface area contributed by atoms with E-state index in [-0.39, 0.29) is 26.0 Å². The van der Waals surface area contributed by atoms with Crippen molar-refractivity contribution in [3.05, 3.63) is 0 Å². The number of hydrogen-bond donors (Lipinski definition) is 5. The van der Waals surface area contributed by atoms with E-state index in [1.165, 1.54) is 4.90 Å². The Morgan fingerprint density at radius 3 is 2.58 bits per heavy atom. The van der Waals surface area contributed by atoms with Crippen molar-refractivity contribution in [3.63, 3.8) is 0 Å². The summed E-state index contributed by atoms with van der Waals surface area (Å²) in [5.74, 6) is -0.589. The second-order valence-electron chi connectivity index (χ2n) is 4.50. The predicted octanol–water partition coefficient (Wildman–Crippen LogP) is -1.75. The van der Waals surface area contributed by atoms with Gasteiger partial charge in [0, 0.05) is 13.2 Å². The smallest absolute Gasteiger partial charge is 0.326 e. The van der Waals surface area contributed by atoms with E-state index in [4.69, 9.17) is 5.11 Å². The summed E-state index contributed by atoms with van der Waals surface area (Å²) in [6, 6.07) is 0. The highest BCUT2D eigenvalue weighted by atomic mass is 16.7. The molecule has 8 heteroatoms. The number of carbonyl (C=O) groups is 1. The summed E-state index contributed by atoms with van der Waals surface area (Å²) in [4.78, 5) is 17.4. The quantitative estimate of drug-likeness (QED) is 0.262. The molecule has 0 aromatic rings. The lowest BCUT2D eigenvalue weighted by Crippen LogP contribution is -2.38. The summed E-state index contributed by atoms with van der Waals surface area (Å²) in [5, 5.41) is 36.9. The number of carbonyl (C=O) groups excluding carboxylic acids is 1. The Bertz CT molecular complexity index is 268. The second-order valence-corrected chi connectivity index (χ2v) is 4.50. The minimum absolute atomic E-state index is 0.00611. The maximum atomic E-state index is 11.4. The number of nitrogens with zero attached hydrogens (tertiary/aromatic N) is 1. The molecule has 0 saturated carbocycles. The maximum Gasteiger partial charge on any atom is 0.326 e. The molecule has 0 bridgehead atoms. The lowest BCUT2D eigenvalue weighted by Gasteiger charge is -2.23. The van der Waals surface area contributed by atoms with Crippen LogP contribution >= 0.6 is 0 Å². The van der Waals surface area contributed by atoms with Gasteiger partial charge in [0.25, 0.3) is 0 Å². The number of hydrogen-bond acceptors (Lipinski definition) is 8. The first-order valence-corrected chi connectivity index (χ1v) is 6.40. The molecule has 0 aromatic carbocycles. The zero-order valence-corrected chi connectivity index (χ0v) is 10.7. The highest BCUT2D eigenvalue weighted by Crippen LogP contribution is 2.20. The molecular weight excluding hydrogens is 256 g/mol. The molecule has 0 spiro atoms. The molecule has 1 saturated heterocycles. The molecule has 1 aliphatic heterocycles. The van der Waals surface area contributed by atoms with Gasteiger partial charge in [0.2, 0.25) is 0 Å². The molecule has 1 aliphatic rings. The molecule has 0 radical (unpaired) electrons. The Kier molecular flexibility index (Phi) is 7.21. The van der Waals surface area contributed by atoms with Crippen LogP contribution in [-0.4, -0.2) is 63.1 Å². The van der Waals surface area contributed by atoms with Crippen molar-refractivity contribution in [1.82, 2.24) is 10.4 Å². The Morgan fingerprint density at radius 1 is 1.37 bits per heavy atom. The molecule has 1 rings (SSSR count). The Morgan fingerprint density at radius 2 is 2.00 bits per heavy atom. The fourth-order valence-electron chi connectivity index (χ4n) is 1.88. The van der Waals surface area contributed by atoms with Crippen molar-refractivity contribution in [1.29, 1.82) is 0 Å². The molecule has 0 aliphatic carbocycles. The maximum absolute atomic E-state index is 11.4. The first kappa shape index (κ1) is 16.3. The number of rotatable bonds is 8. The van der Waals surface area contributed by atoms with Crippen molar-refractivity contribution >= 4 is 5.97 Å². The minimum Gasteiger partial charge on any atom is -0.396 e. The van der Waals surface area contributed by atoms with Crippen LogP contribution in [-0.2, 0) is 9.63 Å². The van der Waals surface area contributed by atoms with E-state index in [1.807, 2.05) is 0 Å². The van der Waals surface area contributed by atoms with E-state index >= 15 is 0 Å². The number of hydroxylamine groups is 1. The van der Waals surface area contributed by atoms with Gasteiger partial charge in [-0.15, -0.1) is 5.48 Å². The van der Waals surface area contributed by atoms with Crippen molar-refractivity contribution in [3.8, 4) is 0 Å². The van der Waals surface area contributed by atoms with Crippen LogP contribution in [0, 0.1) is 0 Å². The van der Waals surface area contributed by atoms with Gasteiger partial charge in [0.15, 0.2) is 0 Å². The van der Waals surface area contributed by atoms with Gasteiger partial charge in [-0.25, -0.2) is 0 Å². The number of aliphatic hydroxyl groups excluding tert-OH is 4. The van der Waals surface area contributed by atoms with E-state index < -0.39 is 24.7 Å². The van der Waals surface area contributed by atoms with Crippen LogP contribution in [0.4, 0.5) is 0 Å². The van der Waals surface area contributed by atoms with Gasteiger partial charge in [-0.1, -0.05) is 0 Å². The number of likely N-dealkylation sites (tertiary alicyclic amines) is 1. The molecule has 2 unspecified atom stereocenters. The summed E-state index contributed by atoms with van der Waals surface area (Å²) < 4.78 is 0. The lowest BCUT2D eigenvalue weighted by molar-refractivity contribution is -0.161. The monoisotopic (exact) mass is 278 g/mol. The zero-order valence-electron chi connectivity index (χ0n) is 10.7. The molecule has 19 heavy (non-hydrogen) atoms. The largest absolute Gasteiger partial charge is 0.396 e. The first-order chi connectivity index (χ1) is 9.04. The standard InChI is InChI=1S/C11H22N2O6/c14-7-1-2-8(15)12-19-11(18)5-6-13-9(16)3-4-10(13)17/h8-10,12,14-17H,1-7H2/t8?,9-,10?/m0/s1. The topological polar surface area (TPSA) is 122 Å². The Labute approximate surface area is 111 Å². The van der Waals surface area contributed by atoms with Gasteiger partial charge < -0.3 is 25.3 Å². The third kappa shape index (κ3) is 5.81. The van der Waals surface area contributed by atoms with Gasteiger partial charge >= 0.3 is 5.97 Å². The van der Waals surface area contributed by atoms with Gasteiger partial charge in [-0.2, -0.15) is 0 Å². The number of aliphatic hydroxyl groups is 4. The molecule has 1 heterocycles. The third-order valence-electron chi connectivity index (χ3n) is 2.97. The van der Waals surface area contributed by atoms with Crippen LogP contribution in [0.1, 0.15) is 32.1 Å². The summed E-state index contributed by atoms with van der Waals surface area (Å²) in [7, 11) is 0. The normalized spacial score (nSPS) is 25.5. The third-order valence-corrected chi connectivity index (χ3v) is 2.97. The van der Waals surface area contributed by atoms with Crippen LogP contribution in [0.25, 0.3) is 0 Å². The van der Waals surface area contributed by atoms with Crippen LogP contribution in [0.2, 0.25) is 0 Å². The SMILES string of the molecule is O=C(CCN1C(O)CC[C@@H]1O)ONC(O)CCCO. The predicted molar refractivity (Wildman–Crippen MR) is 64.1 cm³/mol. The average molecular weight is 278 g/mol. The van der Waals surface area contributed by atoms with Gasteiger partial charge in [-0.05, 0) is 25.7 Å². The van der Waals surface area contributed by atoms with Crippen molar-refractivity contribution in [2.45, 2.75) is 50.8 Å². The fourth-order valence-corrected chi connectivity index (χ4v) is 1.88. The zero-order chi connectivity index (χ0) is 14.3. The van der Waals surface area contributed by atoms with Crippen molar-refractivity contribution in [2.75, 3.05) is 13.2 Å². The van der Waals surface area contributed by atoms with Crippen LogP contribution in [0.5, 0.6) is 0 Å². The highest BCUT2D eigenvalue weighted by Gasteiger charge is 2.30. The molecule has 8 nitrogen and oxygen atoms in total. The van der Waals surface area contributed by atoms with E-state index in [0.29, 0.717) is 19.3 Å².